The van der Waals surface area contributed by atoms with E-state index >= 15 is 4.39 Å². The first-order valence-corrected chi connectivity index (χ1v) is 11.5. The minimum Gasteiger partial charge on any atom is -0.306 e. The Labute approximate surface area is 204 Å². The maximum absolute atomic E-state index is 15.1. The smallest absolute Gasteiger partial charge is 0.306 e. The predicted molar refractivity (Wildman–Crippen MR) is 126 cm³/mol. The van der Waals surface area contributed by atoms with Crippen LogP contribution in [0.5, 0.6) is 0 Å². The molecule has 1 N–H and O–H groups in total. The van der Waals surface area contributed by atoms with Gasteiger partial charge in [-0.2, -0.15) is 13.2 Å². The third-order valence-corrected chi connectivity index (χ3v) is 6.68. The third-order valence-electron chi connectivity index (χ3n) is 5.39. The molecule has 11 heteroatoms. The Balaban J connectivity index is 1.75. The summed E-state index contributed by atoms with van der Waals surface area (Å²) in [7, 11) is 0. The van der Waals surface area contributed by atoms with Crippen molar-refractivity contribution in [1.82, 2.24) is 9.55 Å². The van der Waals surface area contributed by atoms with Crippen molar-refractivity contribution < 1.29 is 22.4 Å². The normalized spacial score (nSPS) is 11.8. The Morgan fingerprint density at radius 3 is 2.51 bits per heavy atom. The maximum Gasteiger partial charge on any atom is 0.418 e. The number of Topliss-reactive ketones (excluding diaryl/α,β-unsaturated/α-hetero) is 1. The number of carbonyl (C=O) groups excluding carboxylic acids is 1. The van der Waals surface area contributed by atoms with Crippen LogP contribution in [-0.2, 0) is 23.8 Å². The van der Waals surface area contributed by atoms with Crippen LogP contribution in [0.1, 0.15) is 28.0 Å². The monoisotopic (exact) mass is 524 g/mol. The van der Waals surface area contributed by atoms with E-state index in [1.807, 2.05) is 0 Å². The summed E-state index contributed by atoms with van der Waals surface area (Å²) in [4.78, 5) is 41.1. The van der Waals surface area contributed by atoms with Gasteiger partial charge in [0.2, 0.25) is 0 Å². The van der Waals surface area contributed by atoms with E-state index in [4.69, 9.17) is 11.6 Å². The summed E-state index contributed by atoms with van der Waals surface area (Å²) >= 11 is 7.13. The number of halogens is 5. The number of aromatic amines is 1. The highest BCUT2D eigenvalue weighted by molar-refractivity contribution is 7.16. The van der Waals surface area contributed by atoms with Crippen molar-refractivity contribution in [3.63, 3.8) is 0 Å². The van der Waals surface area contributed by atoms with Crippen molar-refractivity contribution in [2.24, 2.45) is 0 Å². The summed E-state index contributed by atoms with van der Waals surface area (Å²) in [6.07, 6.45) is -5.16. The zero-order chi connectivity index (χ0) is 25.5. The molecule has 0 aliphatic rings. The first-order chi connectivity index (χ1) is 16.4. The van der Waals surface area contributed by atoms with E-state index < -0.39 is 46.7 Å². The molecule has 182 valence electrons. The average molecular weight is 525 g/mol. The van der Waals surface area contributed by atoms with Crippen LogP contribution in [0.2, 0.25) is 4.34 Å². The Morgan fingerprint density at radius 2 is 1.86 bits per heavy atom. The molecule has 0 aliphatic heterocycles. The number of nitrogens with zero attached hydrogens (tertiary/aromatic N) is 1. The second kappa shape index (κ2) is 9.43. The molecule has 2 aromatic carbocycles. The van der Waals surface area contributed by atoms with Crippen molar-refractivity contribution in [2.75, 3.05) is 0 Å². The number of ketones is 1. The second-order valence-corrected chi connectivity index (χ2v) is 9.81. The molecule has 0 spiro atoms. The first-order valence-electron chi connectivity index (χ1n) is 10.4. The van der Waals surface area contributed by atoms with Gasteiger partial charge in [-0.15, -0.1) is 11.3 Å². The Hall–Kier alpha value is -3.24. The van der Waals surface area contributed by atoms with Crippen LogP contribution in [0.3, 0.4) is 0 Å². The maximum atomic E-state index is 15.1. The quantitative estimate of drug-likeness (QED) is 0.334. The van der Waals surface area contributed by atoms with Gasteiger partial charge in [0, 0.05) is 17.7 Å². The number of hydrogen-bond acceptors (Lipinski definition) is 4. The van der Waals surface area contributed by atoms with Crippen LogP contribution in [0.25, 0.3) is 16.6 Å². The number of aromatic nitrogens is 2. The number of rotatable bonds is 6. The number of aryl methyl sites for hydroxylation is 2. The largest absolute Gasteiger partial charge is 0.418 e. The van der Waals surface area contributed by atoms with Gasteiger partial charge in [0.25, 0.3) is 5.56 Å². The van der Waals surface area contributed by atoms with Crippen LogP contribution in [-0.4, -0.2) is 15.3 Å². The molecular weight excluding hydrogens is 508 g/mol. The van der Waals surface area contributed by atoms with E-state index in [0.29, 0.717) is 22.4 Å². The van der Waals surface area contributed by atoms with Crippen LogP contribution in [0.4, 0.5) is 17.6 Å². The topological polar surface area (TPSA) is 71.9 Å². The van der Waals surface area contributed by atoms with Crippen LogP contribution in [0.15, 0.2) is 52.1 Å². The lowest BCUT2D eigenvalue weighted by atomic mass is 10.0. The van der Waals surface area contributed by atoms with E-state index in [0.717, 1.165) is 10.9 Å². The zero-order valence-electron chi connectivity index (χ0n) is 18.1. The molecule has 0 atom stereocenters. The van der Waals surface area contributed by atoms with Crippen molar-refractivity contribution in [3.8, 4) is 5.69 Å². The predicted octanol–water partition coefficient (Wildman–Crippen LogP) is 5.60. The van der Waals surface area contributed by atoms with Gasteiger partial charge in [0.15, 0.2) is 0 Å². The second-order valence-electron chi connectivity index (χ2n) is 8.01. The summed E-state index contributed by atoms with van der Waals surface area (Å²) in [5.41, 5.74) is -4.42. The van der Waals surface area contributed by atoms with Crippen molar-refractivity contribution >= 4 is 39.6 Å². The Morgan fingerprint density at radius 1 is 1.11 bits per heavy atom. The molecule has 0 amide bonds. The van der Waals surface area contributed by atoms with E-state index in [9.17, 15) is 27.6 Å². The van der Waals surface area contributed by atoms with Gasteiger partial charge in [0.1, 0.15) is 17.3 Å². The lowest BCUT2D eigenvalue weighted by Gasteiger charge is -2.17. The molecule has 0 aliphatic carbocycles. The molecule has 0 unspecified atom stereocenters. The summed E-state index contributed by atoms with van der Waals surface area (Å²) in [5, 5.41) is -0.0735. The molecule has 0 bridgehead atoms. The van der Waals surface area contributed by atoms with Crippen molar-refractivity contribution in [2.45, 2.75) is 32.4 Å². The van der Waals surface area contributed by atoms with Gasteiger partial charge in [0.05, 0.1) is 20.8 Å². The minimum atomic E-state index is -5.10. The standard InChI is InChI=1S/C24H17ClF4N2O3S/c1-12-2-6-16-19(8-12)30-23(34)31(22(16)33)21-17(24(27,28)29)10-13(11-18(21)26)9-14(32)3-4-15-5-7-20(25)35-15/h2,5-8,10-11H,3-4,9H2,1H3,(H,30,34). The number of fused-ring (bicyclic) bond motifs is 1. The van der Waals surface area contributed by atoms with E-state index in [1.165, 1.54) is 23.5 Å². The average Bonchev–Trinajstić information content (AvgIpc) is 3.17. The number of hydrogen-bond donors (Lipinski definition) is 1. The molecule has 2 aromatic heterocycles. The van der Waals surface area contributed by atoms with Crippen molar-refractivity contribution in [1.29, 1.82) is 0 Å². The number of alkyl halides is 3. The third kappa shape index (κ3) is 5.23. The van der Waals surface area contributed by atoms with E-state index in [-0.39, 0.29) is 27.5 Å². The molecule has 0 fully saturated rings. The summed E-state index contributed by atoms with van der Waals surface area (Å²) < 4.78 is 57.6. The first kappa shape index (κ1) is 24.9. The SMILES string of the molecule is Cc1ccc2c(=O)n(-c3c(F)cc(CC(=O)CCc4ccc(Cl)s4)cc3C(F)(F)F)c(=O)[nH]c2c1. The van der Waals surface area contributed by atoms with Gasteiger partial charge in [-0.1, -0.05) is 17.7 Å². The van der Waals surface area contributed by atoms with Crippen molar-refractivity contribution in [3.05, 3.63) is 95.0 Å². The number of benzene rings is 2. The van der Waals surface area contributed by atoms with Gasteiger partial charge < -0.3 is 4.98 Å². The Bertz CT molecular complexity index is 1570. The molecule has 0 saturated carbocycles. The van der Waals surface area contributed by atoms with Gasteiger partial charge >= 0.3 is 11.9 Å². The fourth-order valence-corrected chi connectivity index (χ4v) is 4.89. The summed E-state index contributed by atoms with van der Waals surface area (Å²) in [6.45, 7) is 1.71. The number of carbonyl (C=O) groups is 1. The highest BCUT2D eigenvalue weighted by Crippen LogP contribution is 2.35. The fourth-order valence-electron chi connectivity index (χ4n) is 3.80. The molecule has 2 heterocycles. The Kier molecular flexibility index (Phi) is 6.70. The van der Waals surface area contributed by atoms with Crippen LogP contribution >= 0.6 is 22.9 Å². The number of H-pyrrole nitrogens is 1. The molecule has 0 saturated heterocycles. The zero-order valence-corrected chi connectivity index (χ0v) is 19.7. The van der Waals surface area contributed by atoms with Crippen LogP contribution < -0.4 is 11.2 Å². The summed E-state index contributed by atoms with van der Waals surface area (Å²) in [5.74, 6) is -1.84. The van der Waals surface area contributed by atoms with Crippen LogP contribution in [0, 0.1) is 12.7 Å². The highest BCUT2D eigenvalue weighted by Gasteiger charge is 2.37. The van der Waals surface area contributed by atoms with E-state index in [2.05, 4.69) is 4.98 Å². The fraction of sp³-hybridized carbons (Fsp3) is 0.208. The molecular formula is C24H17ClF4N2O3S. The molecule has 5 nitrogen and oxygen atoms in total. The molecule has 35 heavy (non-hydrogen) atoms. The number of nitrogens with one attached hydrogen (secondary N) is 1. The van der Waals surface area contributed by atoms with Gasteiger partial charge in [-0.05, 0) is 60.9 Å². The lowest BCUT2D eigenvalue weighted by Crippen LogP contribution is -2.36. The van der Waals surface area contributed by atoms with E-state index in [1.54, 1.807) is 25.1 Å². The van der Waals surface area contributed by atoms with Gasteiger partial charge in [-0.3, -0.25) is 9.59 Å². The number of thiophene rings is 1. The lowest BCUT2D eigenvalue weighted by molar-refractivity contribution is -0.137. The summed E-state index contributed by atoms with van der Waals surface area (Å²) in [6, 6.07) is 9.15. The molecule has 4 rings (SSSR count). The molecule has 4 aromatic rings. The highest BCUT2D eigenvalue weighted by atomic mass is 35.5. The van der Waals surface area contributed by atoms with Gasteiger partial charge in [-0.25, -0.2) is 13.8 Å². The molecule has 0 radical (unpaired) electrons. The minimum absolute atomic E-state index is 0.0325.